The van der Waals surface area contributed by atoms with Crippen LogP contribution in [0.2, 0.25) is 0 Å². The first-order chi connectivity index (χ1) is 52.9. The average Bonchev–Trinajstić information content (AvgIpc) is 1.67. The summed E-state index contributed by atoms with van der Waals surface area (Å²) in [5.74, 6) is -2.08. The molecule has 25 heteroatoms. The average molecular weight is 1490 g/mol. The summed E-state index contributed by atoms with van der Waals surface area (Å²) < 4.78 is 44.6. The molecule has 9 N–H and O–H groups in total. The van der Waals surface area contributed by atoms with Crippen molar-refractivity contribution in [2.75, 3.05) is 91.4 Å². The van der Waals surface area contributed by atoms with Gasteiger partial charge in [0, 0.05) is 172 Å². The highest BCUT2D eigenvalue weighted by Gasteiger charge is 2.26. The molecule has 2 saturated heterocycles. The summed E-state index contributed by atoms with van der Waals surface area (Å²) in [5.41, 5.74) is 18.8. The van der Waals surface area contributed by atoms with Crippen LogP contribution in [0.1, 0.15) is 144 Å². The van der Waals surface area contributed by atoms with Gasteiger partial charge >= 0.3 is 0 Å². The minimum Gasteiger partial charge on any atom is -0.381 e. The third-order valence-corrected chi connectivity index (χ3v) is 19.2. The van der Waals surface area contributed by atoms with E-state index in [0.717, 1.165) is 125 Å². The maximum absolute atomic E-state index is 15.0. The molecule has 2 aliphatic heterocycles. The molecule has 6 heterocycles. The molecule has 2 fully saturated rings. The Kier molecular flexibility index (Phi) is 29.6. The van der Waals surface area contributed by atoms with Crippen LogP contribution in [0.15, 0.2) is 146 Å². The fraction of sp³-hybridized carbons (Fsp3) is 0.369. The highest BCUT2D eigenvalue weighted by atomic mass is 19.1. The van der Waals surface area contributed by atoms with Crippen LogP contribution in [0.4, 0.5) is 20.2 Å². The van der Waals surface area contributed by atoms with Gasteiger partial charge in [-0.15, -0.1) is 0 Å². The van der Waals surface area contributed by atoms with Gasteiger partial charge in [-0.2, -0.15) is 10.2 Å². The lowest BCUT2D eigenvalue weighted by atomic mass is 10.00. The number of aromatic nitrogens is 6. The number of fused-ring (bicyclic) bond motifs is 2. The largest absolute Gasteiger partial charge is 0.381 e. The minimum absolute atomic E-state index is 0.142. The van der Waals surface area contributed by atoms with Gasteiger partial charge in [0.1, 0.15) is 17.9 Å². The molecule has 0 spiro atoms. The summed E-state index contributed by atoms with van der Waals surface area (Å²) in [6.45, 7) is 17.4. The molecule has 23 nitrogen and oxygen atoms in total. The van der Waals surface area contributed by atoms with Gasteiger partial charge in [-0.05, 0) is 181 Å². The molecular weight excluding hydrogens is 1380 g/mol. The number of ether oxygens (including phenoxy) is 2. The number of likely N-dealkylation sites (N-methyl/N-ethyl adjacent to an activating group) is 2. The van der Waals surface area contributed by atoms with E-state index in [1.165, 1.54) is 12.1 Å². The number of pyridine rings is 2. The van der Waals surface area contributed by atoms with Crippen LogP contribution < -0.4 is 43.0 Å². The van der Waals surface area contributed by atoms with Crippen LogP contribution >= 0.6 is 0 Å². The predicted octanol–water partition coefficient (Wildman–Crippen LogP) is 11.5. The Balaban J connectivity index is 0.000000217. The van der Waals surface area contributed by atoms with Crippen LogP contribution in [-0.4, -0.2) is 162 Å². The zero-order valence-corrected chi connectivity index (χ0v) is 63.7. The SMILES string of the molecule is CCc1nc2c(cnn2CC)c(NC2CCOCC2)c1CNC(=O)c1cccc(C(=O)NCc2ccc(F)c(-c3cccc(C=O)c3)c2)c1.CCc1nc2c(cnn2CC)c(NC2CCOCC2)c1CNC(=O)c1cccc(C(=O)NCc2ccc(F)c(-c3cccc(CNCCN(C)C)c3)c2)c1.CN(C)CCN. The number of carbonyl (C=O) groups excluding carboxylic acids is 5. The van der Waals surface area contributed by atoms with Crippen molar-refractivity contribution in [3.05, 3.63) is 225 Å². The molecule has 109 heavy (non-hydrogen) atoms. The first-order valence-electron chi connectivity index (χ1n) is 37.6. The fourth-order valence-electron chi connectivity index (χ4n) is 13.1. The molecule has 0 bridgehead atoms. The highest BCUT2D eigenvalue weighted by Crippen LogP contribution is 2.34. The van der Waals surface area contributed by atoms with Gasteiger partial charge in [-0.1, -0.05) is 74.5 Å². The summed E-state index contributed by atoms with van der Waals surface area (Å²) >= 11 is 0. The van der Waals surface area contributed by atoms with E-state index in [9.17, 15) is 28.4 Å². The quantitative estimate of drug-likeness (QED) is 0.0153. The number of benzene rings is 6. The molecule has 4 aromatic heterocycles. The summed E-state index contributed by atoms with van der Waals surface area (Å²) in [7, 11) is 8.08. The molecule has 4 amide bonds. The molecule has 10 aromatic rings. The number of halogens is 2. The number of nitrogens with two attached hydrogens (primary N) is 1. The van der Waals surface area contributed by atoms with Crippen LogP contribution in [-0.2, 0) is 68.1 Å². The summed E-state index contributed by atoms with van der Waals surface area (Å²) in [4.78, 5) is 78.8. The molecule has 12 rings (SSSR count). The van der Waals surface area contributed by atoms with Crippen molar-refractivity contribution >= 4 is 63.4 Å². The summed E-state index contributed by atoms with van der Waals surface area (Å²) in [6, 6.07) is 37.6. The number of carbonyl (C=O) groups is 5. The van der Waals surface area contributed by atoms with E-state index in [0.29, 0.717) is 115 Å². The fourth-order valence-corrected chi connectivity index (χ4v) is 13.1. The number of aldehydes is 1. The summed E-state index contributed by atoms with van der Waals surface area (Å²) in [5, 5.41) is 33.8. The maximum atomic E-state index is 15.0. The first-order valence-corrected chi connectivity index (χ1v) is 37.6. The van der Waals surface area contributed by atoms with Gasteiger partial charge in [-0.25, -0.2) is 28.1 Å². The molecule has 2 aliphatic rings. The Morgan fingerprint density at radius 1 is 0.514 bits per heavy atom. The molecule has 0 aliphatic carbocycles. The van der Waals surface area contributed by atoms with E-state index in [1.807, 2.05) is 95.0 Å². The lowest BCUT2D eigenvalue weighted by Crippen LogP contribution is -2.30. The van der Waals surface area contributed by atoms with Crippen molar-refractivity contribution in [3.8, 4) is 22.3 Å². The van der Waals surface area contributed by atoms with Crippen LogP contribution in [0, 0.1) is 11.6 Å². The molecular formula is C84H102F2N16O7. The number of nitrogens with zero attached hydrogens (tertiary/aromatic N) is 8. The monoisotopic (exact) mass is 1480 g/mol. The van der Waals surface area contributed by atoms with Crippen molar-refractivity contribution in [2.24, 2.45) is 5.73 Å². The van der Waals surface area contributed by atoms with E-state index in [1.54, 1.807) is 97.1 Å². The minimum atomic E-state index is -0.430. The summed E-state index contributed by atoms with van der Waals surface area (Å²) in [6.07, 6.45) is 9.29. The highest BCUT2D eigenvalue weighted by molar-refractivity contribution is 6.01. The normalized spacial score (nSPS) is 13.1. The van der Waals surface area contributed by atoms with Crippen molar-refractivity contribution in [2.45, 2.75) is 124 Å². The number of amides is 4. The van der Waals surface area contributed by atoms with E-state index in [-0.39, 0.29) is 67.7 Å². The van der Waals surface area contributed by atoms with E-state index in [2.05, 4.69) is 64.1 Å². The maximum Gasteiger partial charge on any atom is 0.251 e. The zero-order chi connectivity index (χ0) is 77.3. The lowest BCUT2D eigenvalue weighted by Gasteiger charge is -2.26. The van der Waals surface area contributed by atoms with E-state index < -0.39 is 5.82 Å². The van der Waals surface area contributed by atoms with E-state index >= 15 is 4.39 Å². The van der Waals surface area contributed by atoms with Crippen molar-refractivity contribution < 1.29 is 42.2 Å². The Bertz CT molecular complexity index is 4760. The van der Waals surface area contributed by atoms with Crippen molar-refractivity contribution in [1.82, 2.24) is 65.9 Å². The Morgan fingerprint density at radius 2 is 0.927 bits per heavy atom. The van der Waals surface area contributed by atoms with Gasteiger partial charge < -0.3 is 62.2 Å². The second kappa shape index (κ2) is 40.0. The number of nitrogens with one attached hydrogen (secondary N) is 7. The molecule has 6 aromatic carbocycles. The van der Waals surface area contributed by atoms with Gasteiger partial charge in [-0.3, -0.25) is 24.0 Å². The van der Waals surface area contributed by atoms with Crippen molar-refractivity contribution in [1.29, 1.82) is 0 Å². The number of anilines is 2. The standard InChI is InChI=1S/C42H51FN8O3.C38H39FN6O4.C4H12N2/c1-5-38-35(39(48-33-15-19-54-20-16-33)36-27-47-51(6-2)40(36)49-38)26-46-42(53)32-12-8-11-31(23-32)41(52)45-25-29-13-14-37(43)34(22-29)30-10-7-9-28(21-30)24-44-17-18-50(3)4;1-3-34-31(35(43-29-13-15-49-16-14-29)32-22-42-45(4-2)36(32)44-34)21-41-38(48)28-10-6-9-27(19-28)37(47)40-20-24-11-12-33(39)30(18-24)26-8-5-7-25(17-26)23-46;1-6(2)4-3-5/h7-14,21-23,27,33,44H,5-6,15-20,24-26H2,1-4H3,(H,45,52)(H,46,53)(H,48,49);5-12,17-19,22-23,29H,3-4,13-16,20-21H2,1-2H3,(H,40,47)(H,41,48)(H,43,44);3-5H2,1-2H3. The predicted molar refractivity (Wildman–Crippen MR) is 425 cm³/mol. The first kappa shape index (κ1) is 80.9. The second-order valence-corrected chi connectivity index (χ2v) is 27.5. The van der Waals surface area contributed by atoms with Gasteiger partial charge in [0.15, 0.2) is 11.3 Å². The Labute approximate surface area is 636 Å². The molecule has 0 atom stereocenters. The number of hydrogen-bond acceptors (Lipinski definition) is 17. The second-order valence-electron chi connectivity index (χ2n) is 27.5. The number of rotatable bonds is 30. The molecule has 0 saturated carbocycles. The Hall–Kier alpha value is -10.7. The van der Waals surface area contributed by atoms with Crippen molar-refractivity contribution in [3.63, 3.8) is 0 Å². The number of hydrogen-bond donors (Lipinski definition) is 8. The van der Waals surface area contributed by atoms with Crippen LogP contribution in [0.3, 0.4) is 0 Å². The van der Waals surface area contributed by atoms with Crippen LogP contribution in [0.5, 0.6) is 0 Å². The molecule has 574 valence electrons. The lowest BCUT2D eigenvalue weighted by molar-refractivity contribution is 0.0903. The Morgan fingerprint density at radius 3 is 1.33 bits per heavy atom. The van der Waals surface area contributed by atoms with Gasteiger partial charge in [0.05, 0.1) is 34.5 Å². The third kappa shape index (κ3) is 21.8. The number of aryl methyl sites for hydroxylation is 4. The third-order valence-electron chi connectivity index (χ3n) is 19.2. The zero-order valence-electron chi connectivity index (χ0n) is 63.7. The van der Waals surface area contributed by atoms with Crippen LogP contribution in [0.25, 0.3) is 44.3 Å². The topological polar surface area (TPSA) is 282 Å². The molecule has 0 unspecified atom stereocenters. The van der Waals surface area contributed by atoms with Gasteiger partial charge in [0.25, 0.3) is 23.6 Å². The van der Waals surface area contributed by atoms with Gasteiger partial charge in [0.2, 0.25) is 0 Å². The molecule has 0 radical (unpaired) electrons. The van der Waals surface area contributed by atoms with E-state index in [4.69, 9.17) is 25.2 Å². The smallest absolute Gasteiger partial charge is 0.251 e.